The van der Waals surface area contributed by atoms with Crippen LogP contribution in [-0.4, -0.2) is 37.1 Å². The molecule has 0 aromatic heterocycles. The van der Waals surface area contributed by atoms with Gasteiger partial charge in [-0.1, -0.05) is 12.1 Å². The molecule has 21 heavy (non-hydrogen) atoms. The van der Waals surface area contributed by atoms with Gasteiger partial charge in [-0.2, -0.15) is 0 Å². The Balaban J connectivity index is 2.90. The topological polar surface area (TPSA) is 96.0 Å². The molecular weight excluding hydrogens is 280 g/mol. The standard InChI is InChI=1S/C14H14O7/c1-3-19-11(15)9-7-5-6-8-10(9)12(16)21-14(18)13(17)20-4-2/h5-8H,3-4H2,1-2H3. The van der Waals surface area contributed by atoms with Gasteiger partial charge < -0.3 is 14.2 Å². The molecule has 0 heterocycles. The van der Waals surface area contributed by atoms with E-state index in [1.165, 1.54) is 31.2 Å². The van der Waals surface area contributed by atoms with E-state index in [4.69, 9.17) is 4.74 Å². The molecular formula is C14H14O7. The van der Waals surface area contributed by atoms with Crippen LogP contribution in [0.3, 0.4) is 0 Å². The molecule has 0 unspecified atom stereocenters. The van der Waals surface area contributed by atoms with E-state index >= 15 is 0 Å². The molecule has 0 radical (unpaired) electrons. The third kappa shape index (κ3) is 4.41. The number of carbonyl (C=O) groups excluding carboxylic acids is 4. The Labute approximate surface area is 120 Å². The van der Waals surface area contributed by atoms with Crippen molar-refractivity contribution in [1.82, 2.24) is 0 Å². The average molecular weight is 294 g/mol. The van der Waals surface area contributed by atoms with E-state index in [0.29, 0.717) is 0 Å². The predicted molar refractivity (Wildman–Crippen MR) is 69.5 cm³/mol. The summed E-state index contributed by atoms with van der Waals surface area (Å²) in [7, 11) is 0. The van der Waals surface area contributed by atoms with Gasteiger partial charge in [0.2, 0.25) is 0 Å². The minimum Gasteiger partial charge on any atom is -0.462 e. The second kappa shape index (κ2) is 7.78. The molecule has 0 aliphatic heterocycles. The molecule has 0 aliphatic rings. The normalized spacial score (nSPS) is 9.62. The number of hydrogen-bond donors (Lipinski definition) is 0. The lowest BCUT2D eigenvalue weighted by Crippen LogP contribution is -2.24. The highest BCUT2D eigenvalue weighted by Crippen LogP contribution is 2.12. The lowest BCUT2D eigenvalue weighted by atomic mass is 10.1. The summed E-state index contributed by atoms with van der Waals surface area (Å²) in [6.07, 6.45) is 0. The number of carbonyl (C=O) groups is 4. The van der Waals surface area contributed by atoms with Gasteiger partial charge in [-0.25, -0.2) is 19.2 Å². The maximum absolute atomic E-state index is 11.8. The molecule has 0 atom stereocenters. The number of ether oxygens (including phenoxy) is 3. The SMILES string of the molecule is CCOC(=O)C(=O)OC(=O)c1ccccc1C(=O)OCC. The summed E-state index contributed by atoms with van der Waals surface area (Å²) in [4.78, 5) is 45.9. The first kappa shape index (κ1) is 16.4. The van der Waals surface area contributed by atoms with Gasteiger partial charge in [0.25, 0.3) is 0 Å². The van der Waals surface area contributed by atoms with Crippen molar-refractivity contribution < 1.29 is 33.4 Å². The smallest absolute Gasteiger partial charge is 0.425 e. The van der Waals surface area contributed by atoms with Gasteiger partial charge >= 0.3 is 23.9 Å². The van der Waals surface area contributed by atoms with Crippen LogP contribution in [0.15, 0.2) is 24.3 Å². The van der Waals surface area contributed by atoms with Crippen molar-refractivity contribution in [1.29, 1.82) is 0 Å². The van der Waals surface area contributed by atoms with Crippen molar-refractivity contribution in [3.05, 3.63) is 35.4 Å². The van der Waals surface area contributed by atoms with Crippen LogP contribution in [0.2, 0.25) is 0 Å². The van der Waals surface area contributed by atoms with Gasteiger partial charge in [-0.15, -0.1) is 0 Å². The second-order valence-corrected chi connectivity index (χ2v) is 3.66. The lowest BCUT2D eigenvalue weighted by Gasteiger charge is -2.07. The molecule has 7 nitrogen and oxygen atoms in total. The fourth-order valence-corrected chi connectivity index (χ4v) is 1.42. The molecule has 112 valence electrons. The van der Waals surface area contributed by atoms with Crippen LogP contribution >= 0.6 is 0 Å². The second-order valence-electron chi connectivity index (χ2n) is 3.66. The molecule has 0 saturated carbocycles. The Kier molecular flexibility index (Phi) is 6.06. The zero-order valence-electron chi connectivity index (χ0n) is 11.6. The van der Waals surface area contributed by atoms with Gasteiger partial charge in [-0.05, 0) is 26.0 Å². The van der Waals surface area contributed by atoms with Gasteiger partial charge in [0.15, 0.2) is 0 Å². The molecule has 0 spiro atoms. The van der Waals surface area contributed by atoms with Crippen molar-refractivity contribution in [3.8, 4) is 0 Å². The van der Waals surface area contributed by atoms with Crippen molar-refractivity contribution in [3.63, 3.8) is 0 Å². The van der Waals surface area contributed by atoms with Crippen LogP contribution in [0.25, 0.3) is 0 Å². The zero-order valence-corrected chi connectivity index (χ0v) is 11.6. The average Bonchev–Trinajstić information content (AvgIpc) is 2.47. The molecule has 0 aliphatic carbocycles. The summed E-state index contributed by atoms with van der Waals surface area (Å²) >= 11 is 0. The van der Waals surface area contributed by atoms with Crippen LogP contribution in [0.1, 0.15) is 34.6 Å². The maximum Gasteiger partial charge on any atom is 0.425 e. The van der Waals surface area contributed by atoms with Gasteiger partial charge in [0.1, 0.15) is 0 Å². The van der Waals surface area contributed by atoms with Crippen LogP contribution < -0.4 is 0 Å². The highest BCUT2D eigenvalue weighted by molar-refractivity contribution is 6.32. The van der Waals surface area contributed by atoms with Crippen molar-refractivity contribution in [2.24, 2.45) is 0 Å². The highest BCUT2D eigenvalue weighted by Gasteiger charge is 2.25. The largest absolute Gasteiger partial charge is 0.462 e. The van der Waals surface area contributed by atoms with Crippen molar-refractivity contribution >= 4 is 23.9 Å². The molecule has 0 fully saturated rings. The lowest BCUT2D eigenvalue weighted by molar-refractivity contribution is -0.163. The summed E-state index contributed by atoms with van der Waals surface area (Å²) in [5.41, 5.74) is -0.227. The number of esters is 4. The van der Waals surface area contributed by atoms with E-state index in [9.17, 15) is 19.2 Å². The van der Waals surface area contributed by atoms with E-state index in [-0.39, 0.29) is 24.3 Å². The van der Waals surface area contributed by atoms with Gasteiger partial charge in [-0.3, -0.25) is 0 Å². The Hall–Kier alpha value is -2.70. The van der Waals surface area contributed by atoms with E-state index < -0.39 is 23.9 Å². The Morgan fingerprint density at radius 2 is 1.33 bits per heavy atom. The predicted octanol–water partition coefficient (Wildman–Crippen LogP) is 1.11. The Morgan fingerprint density at radius 3 is 1.86 bits per heavy atom. The minimum atomic E-state index is -1.44. The van der Waals surface area contributed by atoms with E-state index in [1.807, 2.05) is 0 Å². The molecule has 0 amide bonds. The maximum atomic E-state index is 11.8. The first-order chi connectivity index (χ1) is 10.0. The zero-order chi connectivity index (χ0) is 15.8. The number of benzene rings is 1. The molecule has 1 aromatic carbocycles. The van der Waals surface area contributed by atoms with Crippen molar-refractivity contribution in [2.45, 2.75) is 13.8 Å². The Bertz CT molecular complexity index is 562. The third-order valence-corrected chi connectivity index (χ3v) is 2.27. The van der Waals surface area contributed by atoms with E-state index in [1.54, 1.807) is 6.92 Å². The molecule has 1 aromatic rings. The number of rotatable bonds is 4. The summed E-state index contributed by atoms with van der Waals surface area (Å²) in [5, 5.41) is 0. The monoisotopic (exact) mass is 294 g/mol. The van der Waals surface area contributed by atoms with Gasteiger partial charge in [0.05, 0.1) is 24.3 Å². The fourth-order valence-electron chi connectivity index (χ4n) is 1.42. The van der Waals surface area contributed by atoms with Gasteiger partial charge in [0, 0.05) is 0 Å². The molecule has 1 rings (SSSR count). The summed E-state index contributed by atoms with van der Waals surface area (Å²) < 4.78 is 13.5. The first-order valence-corrected chi connectivity index (χ1v) is 6.20. The van der Waals surface area contributed by atoms with Crippen LogP contribution in [0, 0.1) is 0 Å². The fraction of sp³-hybridized carbons (Fsp3) is 0.286. The molecule has 0 saturated heterocycles. The van der Waals surface area contributed by atoms with E-state index in [2.05, 4.69) is 9.47 Å². The number of hydrogen-bond acceptors (Lipinski definition) is 7. The quantitative estimate of drug-likeness (QED) is 0.355. The highest BCUT2D eigenvalue weighted by atomic mass is 16.6. The molecule has 0 N–H and O–H groups in total. The van der Waals surface area contributed by atoms with Crippen molar-refractivity contribution in [2.75, 3.05) is 13.2 Å². The van der Waals surface area contributed by atoms with Crippen LogP contribution in [0.5, 0.6) is 0 Å². The summed E-state index contributed by atoms with van der Waals surface area (Å²) in [6.45, 7) is 3.22. The van der Waals surface area contributed by atoms with Crippen LogP contribution in [-0.2, 0) is 23.8 Å². The molecule has 0 bridgehead atoms. The first-order valence-electron chi connectivity index (χ1n) is 6.20. The van der Waals surface area contributed by atoms with Crippen LogP contribution in [0.4, 0.5) is 0 Å². The minimum absolute atomic E-state index is 0.0263. The third-order valence-electron chi connectivity index (χ3n) is 2.27. The summed E-state index contributed by atoms with van der Waals surface area (Å²) in [6, 6.07) is 5.64. The molecule has 7 heteroatoms. The van der Waals surface area contributed by atoms with E-state index in [0.717, 1.165) is 0 Å². The summed E-state index contributed by atoms with van der Waals surface area (Å²) in [5.74, 6) is -4.58. The Morgan fingerprint density at radius 1 is 0.810 bits per heavy atom.